The maximum Gasteiger partial charge on any atom is 0.305 e. The number of ether oxygens (including phenoxy) is 4. The zero-order valence-electron chi connectivity index (χ0n) is 24.0. The molecule has 2 aliphatic rings. The van der Waals surface area contributed by atoms with Gasteiger partial charge in [-0.05, 0) is 82.3 Å². The molecule has 6 nitrogen and oxygen atoms in total. The van der Waals surface area contributed by atoms with Crippen LogP contribution in [-0.2, 0) is 28.2 Å². The molecule has 0 aromatic heterocycles. The van der Waals surface area contributed by atoms with Crippen LogP contribution in [0.25, 0.3) is 0 Å². The third-order valence-electron chi connectivity index (χ3n) is 7.42. The van der Waals surface area contributed by atoms with Crippen LogP contribution >= 0.6 is 0 Å². The van der Waals surface area contributed by atoms with Crippen LogP contribution in [-0.4, -0.2) is 59.2 Å². The molecule has 2 rings (SSSR count). The van der Waals surface area contributed by atoms with Crippen molar-refractivity contribution in [2.24, 2.45) is 23.7 Å². The molecule has 6 atom stereocenters. The van der Waals surface area contributed by atoms with E-state index in [1.807, 2.05) is 13.0 Å². The standard InChI is InChI=1S/C29H54O6Si/c1-8-13-24-25(20-34-36(6,7)21-22(3)4)27(35-29-16-10-11-17-32-29)18-26(24)33-19-23(5)14-12-15-28(30)31-9-2/h8,22-27,29H,1,9-21H2,2-7H3/t23?,24-,25-,26+,27-,29?/m1/s1. The fourth-order valence-corrected chi connectivity index (χ4v) is 8.53. The molecule has 0 aromatic rings. The summed E-state index contributed by atoms with van der Waals surface area (Å²) < 4.78 is 30.8. The van der Waals surface area contributed by atoms with E-state index < -0.39 is 8.32 Å². The van der Waals surface area contributed by atoms with Gasteiger partial charge in [0.2, 0.25) is 0 Å². The molecule has 7 heteroatoms. The Hall–Kier alpha value is -0.733. The first-order valence-electron chi connectivity index (χ1n) is 14.4. The second-order valence-corrected chi connectivity index (χ2v) is 16.1. The van der Waals surface area contributed by atoms with Crippen LogP contribution in [0.1, 0.15) is 79.1 Å². The van der Waals surface area contributed by atoms with Crippen LogP contribution in [0.4, 0.5) is 0 Å². The van der Waals surface area contributed by atoms with Gasteiger partial charge in [-0.1, -0.05) is 26.8 Å². The molecule has 1 saturated carbocycles. The third-order valence-corrected chi connectivity index (χ3v) is 10.2. The van der Waals surface area contributed by atoms with Gasteiger partial charge < -0.3 is 23.4 Å². The first kappa shape index (κ1) is 31.5. The SMILES string of the molecule is C=CC[C@@H]1[C@@H](CO[Si](C)(C)CC(C)C)[C@H](OC2CCCCO2)C[C@@H]1OCC(C)CCCC(=O)OCC. The number of allylic oxidation sites excluding steroid dienone is 1. The van der Waals surface area contributed by atoms with Crippen molar-refractivity contribution >= 4 is 14.3 Å². The van der Waals surface area contributed by atoms with Crippen molar-refractivity contribution in [3.05, 3.63) is 12.7 Å². The Bertz CT molecular complexity index is 633. The van der Waals surface area contributed by atoms with Crippen molar-refractivity contribution in [1.82, 2.24) is 0 Å². The zero-order valence-corrected chi connectivity index (χ0v) is 25.0. The van der Waals surface area contributed by atoms with Crippen LogP contribution in [0.2, 0.25) is 19.1 Å². The average molecular weight is 527 g/mol. The van der Waals surface area contributed by atoms with Crippen molar-refractivity contribution in [1.29, 1.82) is 0 Å². The molecule has 1 heterocycles. The van der Waals surface area contributed by atoms with Crippen molar-refractivity contribution < 1.29 is 28.2 Å². The van der Waals surface area contributed by atoms with E-state index >= 15 is 0 Å². The molecule has 1 aliphatic carbocycles. The molecule has 1 aliphatic heterocycles. The summed E-state index contributed by atoms with van der Waals surface area (Å²) in [7, 11) is -1.75. The predicted octanol–water partition coefficient (Wildman–Crippen LogP) is 6.74. The quantitative estimate of drug-likeness (QED) is 0.119. The van der Waals surface area contributed by atoms with Gasteiger partial charge in [0.25, 0.3) is 0 Å². The van der Waals surface area contributed by atoms with Crippen molar-refractivity contribution in [3.63, 3.8) is 0 Å². The lowest BCUT2D eigenvalue weighted by atomic mass is 9.91. The maximum absolute atomic E-state index is 11.6. The Kier molecular flexibility index (Phi) is 14.2. The maximum atomic E-state index is 11.6. The van der Waals surface area contributed by atoms with Crippen LogP contribution < -0.4 is 0 Å². The van der Waals surface area contributed by atoms with E-state index in [-0.39, 0.29) is 30.4 Å². The van der Waals surface area contributed by atoms with Gasteiger partial charge in [-0.25, -0.2) is 0 Å². The Balaban J connectivity index is 2.00. The molecule has 0 amide bonds. The van der Waals surface area contributed by atoms with Gasteiger partial charge in [0.15, 0.2) is 14.6 Å². The zero-order chi connectivity index (χ0) is 26.6. The Morgan fingerprint density at radius 1 is 1.17 bits per heavy atom. The largest absolute Gasteiger partial charge is 0.466 e. The fraction of sp³-hybridized carbons (Fsp3) is 0.897. The summed E-state index contributed by atoms with van der Waals surface area (Å²) >= 11 is 0. The van der Waals surface area contributed by atoms with E-state index in [0.717, 1.165) is 64.2 Å². The van der Waals surface area contributed by atoms with E-state index in [2.05, 4.69) is 40.4 Å². The van der Waals surface area contributed by atoms with Gasteiger partial charge in [-0.2, -0.15) is 0 Å². The van der Waals surface area contributed by atoms with E-state index in [9.17, 15) is 4.79 Å². The van der Waals surface area contributed by atoms with Crippen molar-refractivity contribution in [3.8, 4) is 0 Å². The van der Waals surface area contributed by atoms with Gasteiger partial charge in [0.1, 0.15) is 0 Å². The minimum atomic E-state index is -1.75. The molecule has 36 heavy (non-hydrogen) atoms. The minimum Gasteiger partial charge on any atom is -0.466 e. The number of carbonyl (C=O) groups excluding carboxylic acids is 1. The van der Waals surface area contributed by atoms with Gasteiger partial charge >= 0.3 is 5.97 Å². The highest BCUT2D eigenvalue weighted by atomic mass is 28.4. The van der Waals surface area contributed by atoms with Gasteiger partial charge in [0, 0.05) is 38.6 Å². The second kappa shape index (κ2) is 16.3. The molecule has 2 fully saturated rings. The van der Waals surface area contributed by atoms with E-state index in [0.29, 0.717) is 37.4 Å². The summed E-state index contributed by atoms with van der Waals surface area (Å²) in [5.74, 6) is 1.52. The summed E-state index contributed by atoms with van der Waals surface area (Å²) in [6, 6.07) is 1.16. The normalized spacial score (nSPS) is 27.8. The van der Waals surface area contributed by atoms with E-state index in [4.69, 9.17) is 23.4 Å². The fourth-order valence-electron chi connectivity index (χ4n) is 5.80. The first-order valence-corrected chi connectivity index (χ1v) is 17.6. The molecule has 210 valence electrons. The summed E-state index contributed by atoms with van der Waals surface area (Å²) in [4.78, 5) is 11.6. The van der Waals surface area contributed by atoms with Crippen molar-refractivity contribution in [2.45, 2.75) is 117 Å². The number of esters is 1. The minimum absolute atomic E-state index is 0.0750. The van der Waals surface area contributed by atoms with Crippen molar-refractivity contribution in [2.75, 3.05) is 26.4 Å². The average Bonchev–Trinajstić information content (AvgIpc) is 3.12. The Labute approximate surface area is 221 Å². The van der Waals surface area contributed by atoms with Crippen LogP contribution in [0.3, 0.4) is 0 Å². The highest BCUT2D eigenvalue weighted by Crippen LogP contribution is 2.41. The monoisotopic (exact) mass is 526 g/mol. The van der Waals surface area contributed by atoms with Crippen LogP contribution in [0, 0.1) is 23.7 Å². The molecule has 0 aromatic carbocycles. The predicted molar refractivity (Wildman–Crippen MR) is 147 cm³/mol. The smallest absolute Gasteiger partial charge is 0.305 e. The van der Waals surface area contributed by atoms with Gasteiger partial charge in [0.05, 0.1) is 18.8 Å². The lowest BCUT2D eigenvalue weighted by molar-refractivity contribution is -0.198. The Morgan fingerprint density at radius 2 is 1.94 bits per heavy atom. The summed E-state index contributed by atoms with van der Waals surface area (Å²) in [6.07, 6.45) is 9.37. The second-order valence-electron chi connectivity index (χ2n) is 11.9. The molecule has 0 N–H and O–H groups in total. The molecule has 0 spiro atoms. The number of hydrogen-bond acceptors (Lipinski definition) is 6. The highest BCUT2D eigenvalue weighted by Gasteiger charge is 2.46. The number of hydrogen-bond donors (Lipinski definition) is 0. The molecule has 0 bridgehead atoms. The summed E-state index contributed by atoms with van der Waals surface area (Å²) in [5.41, 5.74) is 0. The Morgan fingerprint density at radius 3 is 2.58 bits per heavy atom. The topological polar surface area (TPSA) is 63.2 Å². The van der Waals surface area contributed by atoms with Crippen LogP contribution in [0.5, 0.6) is 0 Å². The third kappa shape index (κ3) is 11.3. The van der Waals surface area contributed by atoms with Gasteiger partial charge in [-0.3, -0.25) is 4.79 Å². The molecule has 0 radical (unpaired) electrons. The molecule has 1 saturated heterocycles. The number of carbonyl (C=O) groups is 1. The highest BCUT2D eigenvalue weighted by molar-refractivity contribution is 6.71. The van der Waals surface area contributed by atoms with E-state index in [1.165, 1.54) is 0 Å². The van der Waals surface area contributed by atoms with Gasteiger partial charge in [-0.15, -0.1) is 6.58 Å². The lowest BCUT2D eigenvalue weighted by Crippen LogP contribution is -2.39. The van der Waals surface area contributed by atoms with E-state index in [1.54, 1.807) is 0 Å². The number of rotatable bonds is 17. The summed E-state index contributed by atoms with van der Waals surface area (Å²) in [5, 5.41) is 0. The lowest BCUT2D eigenvalue weighted by Gasteiger charge is -2.33. The first-order chi connectivity index (χ1) is 17.1. The summed E-state index contributed by atoms with van der Waals surface area (Å²) in [6.45, 7) is 19.9. The molecular formula is C29H54O6Si. The van der Waals surface area contributed by atoms with Crippen LogP contribution in [0.15, 0.2) is 12.7 Å². The molecule has 2 unspecified atom stereocenters. The molecular weight excluding hydrogens is 472 g/mol.